The van der Waals surface area contributed by atoms with Crippen LogP contribution >= 0.6 is 11.6 Å². The molecule has 1 N–H and O–H groups in total. The Hall–Kier alpha value is -1.55. The number of anilines is 1. The molecular weight excluding hydrogens is 288 g/mol. The van der Waals surface area contributed by atoms with Crippen molar-refractivity contribution in [2.45, 2.75) is 33.1 Å². The van der Waals surface area contributed by atoms with Crippen LogP contribution in [0.4, 0.5) is 5.69 Å². The first-order chi connectivity index (χ1) is 9.95. The number of hydrogen-bond acceptors (Lipinski definition) is 2. The fraction of sp³-hybridized carbons (Fsp3) is 0.500. The Morgan fingerprint density at radius 2 is 2.00 bits per heavy atom. The van der Waals surface area contributed by atoms with Crippen LogP contribution in [-0.2, 0) is 9.59 Å². The summed E-state index contributed by atoms with van der Waals surface area (Å²) in [5.41, 5.74) is 1.57. The van der Waals surface area contributed by atoms with Crippen molar-refractivity contribution >= 4 is 29.1 Å². The third-order valence-electron chi connectivity index (χ3n) is 3.90. The molecule has 0 spiro atoms. The van der Waals surface area contributed by atoms with Crippen LogP contribution in [0.2, 0.25) is 5.02 Å². The number of aryl methyl sites for hydroxylation is 1. The van der Waals surface area contributed by atoms with Gasteiger partial charge in [0.15, 0.2) is 0 Å². The highest BCUT2D eigenvalue weighted by Gasteiger charge is 2.22. The average Bonchev–Trinajstić information content (AvgIpc) is 2.43. The van der Waals surface area contributed by atoms with Crippen molar-refractivity contribution in [1.82, 2.24) is 4.90 Å². The molecule has 2 amide bonds. The summed E-state index contributed by atoms with van der Waals surface area (Å²) < 4.78 is 0. The number of carbonyl (C=O) groups is 2. The van der Waals surface area contributed by atoms with E-state index in [1.807, 2.05) is 13.0 Å². The Balaban J connectivity index is 1.86. The van der Waals surface area contributed by atoms with Crippen molar-refractivity contribution in [1.29, 1.82) is 0 Å². The first-order valence-corrected chi connectivity index (χ1v) is 7.67. The number of nitrogens with zero attached hydrogens (tertiary/aromatic N) is 1. The quantitative estimate of drug-likeness (QED) is 0.872. The van der Waals surface area contributed by atoms with Gasteiger partial charge >= 0.3 is 0 Å². The maximum Gasteiger partial charge on any atom is 0.233 e. The van der Waals surface area contributed by atoms with E-state index in [1.165, 1.54) is 0 Å². The van der Waals surface area contributed by atoms with Crippen LogP contribution in [0.25, 0.3) is 0 Å². The van der Waals surface area contributed by atoms with Gasteiger partial charge in [0, 0.05) is 23.8 Å². The predicted molar refractivity (Wildman–Crippen MR) is 84.4 cm³/mol. The number of likely N-dealkylation sites (tertiary alicyclic amines) is 1. The highest BCUT2D eigenvalue weighted by Crippen LogP contribution is 2.20. The lowest BCUT2D eigenvalue weighted by Crippen LogP contribution is -2.39. The minimum atomic E-state index is -0.293. The molecule has 0 aliphatic carbocycles. The Kier molecular flexibility index (Phi) is 5.23. The first kappa shape index (κ1) is 15.8. The minimum absolute atomic E-state index is 0.0994. The van der Waals surface area contributed by atoms with E-state index in [-0.39, 0.29) is 18.2 Å². The monoisotopic (exact) mass is 308 g/mol. The zero-order chi connectivity index (χ0) is 15.4. The standard InChI is InChI=1S/C16H21ClN2O2/c1-11-5-7-19(8-6-11)16(21)10-15(20)18-13-4-3-12(2)14(17)9-13/h3-4,9,11H,5-8,10H2,1-2H3,(H,18,20). The second-order valence-corrected chi connectivity index (χ2v) is 6.16. The summed E-state index contributed by atoms with van der Waals surface area (Å²) >= 11 is 6.01. The van der Waals surface area contributed by atoms with Gasteiger partial charge < -0.3 is 10.2 Å². The Bertz CT molecular complexity index is 537. The largest absolute Gasteiger partial charge is 0.342 e. The SMILES string of the molecule is Cc1ccc(NC(=O)CC(=O)N2CCC(C)CC2)cc1Cl. The van der Waals surface area contributed by atoms with Crippen molar-refractivity contribution in [2.75, 3.05) is 18.4 Å². The molecule has 0 radical (unpaired) electrons. The van der Waals surface area contributed by atoms with E-state index in [4.69, 9.17) is 11.6 Å². The number of piperidine rings is 1. The Labute approximate surface area is 130 Å². The predicted octanol–water partition coefficient (Wildman–Crippen LogP) is 3.24. The van der Waals surface area contributed by atoms with E-state index in [0.717, 1.165) is 31.5 Å². The minimum Gasteiger partial charge on any atom is -0.342 e. The molecule has 114 valence electrons. The summed E-state index contributed by atoms with van der Waals surface area (Å²) in [5.74, 6) is 0.272. The molecule has 1 aliphatic heterocycles. The van der Waals surface area contributed by atoms with Gasteiger partial charge in [0.2, 0.25) is 11.8 Å². The van der Waals surface area contributed by atoms with Crippen molar-refractivity contribution < 1.29 is 9.59 Å². The summed E-state index contributed by atoms with van der Waals surface area (Å²) in [6, 6.07) is 5.32. The van der Waals surface area contributed by atoms with Crippen molar-refractivity contribution in [3.63, 3.8) is 0 Å². The Morgan fingerprint density at radius 3 is 2.62 bits per heavy atom. The van der Waals surface area contributed by atoms with E-state index >= 15 is 0 Å². The maximum absolute atomic E-state index is 12.1. The molecular formula is C16H21ClN2O2. The summed E-state index contributed by atoms with van der Waals surface area (Å²) in [6.45, 7) is 5.59. The van der Waals surface area contributed by atoms with Gasteiger partial charge in [0.25, 0.3) is 0 Å². The van der Waals surface area contributed by atoms with Gasteiger partial charge in [-0.2, -0.15) is 0 Å². The molecule has 5 heteroatoms. The Morgan fingerprint density at radius 1 is 1.33 bits per heavy atom. The molecule has 4 nitrogen and oxygen atoms in total. The number of carbonyl (C=O) groups excluding carboxylic acids is 2. The lowest BCUT2D eigenvalue weighted by atomic mass is 9.99. The second kappa shape index (κ2) is 6.94. The van der Waals surface area contributed by atoms with Crippen LogP contribution in [-0.4, -0.2) is 29.8 Å². The molecule has 1 aromatic carbocycles. The molecule has 21 heavy (non-hydrogen) atoms. The van der Waals surface area contributed by atoms with Crippen LogP contribution in [0.5, 0.6) is 0 Å². The lowest BCUT2D eigenvalue weighted by Gasteiger charge is -2.30. The number of halogens is 1. The molecule has 1 saturated heterocycles. The molecule has 0 unspecified atom stereocenters. The molecule has 2 rings (SSSR count). The normalized spacial score (nSPS) is 15.9. The summed E-state index contributed by atoms with van der Waals surface area (Å²) in [5, 5.41) is 3.32. The van der Waals surface area contributed by atoms with E-state index < -0.39 is 0 Å². The third kappa shape index (κ3) is 4.46. The fourth-order valence-corrected chi connectivity index (χ4v) is 2.56. The van der Waals surface area contributed by atoms with Gasteiger partial charge in [-0.15, -0.1) is 0 Å². The number of rotatable bonds is 3. The zero-order valence-electron chi connectivity index (χ0n) is 12.5. The molecule has 1 heterocycles. The zero-order valence-corrected chi connectivity index (χ0v) is 13.2. The number of amides is 2. The summed E-state index contributed by atoms with van der Waals surface area (Å²) in [7, 11) is 0. The number of benzene rings is 1. The topological polar surface area (TPSA) is 49.4 Å². The highest BCUT2D eigenvalue weighted by molar-refractivity contribution is 6.31. The van der Waals surface area contributed by atoms with E-state index in [1.54, 1.807) is 17.0 Å². The van der Waals surface area contributed by atoms with Crippen molar-refractivity contribution in [2.24, 2.45) is 5.92 Å². The summed E-state index contributed by atoms with van der Waals surface area (Å²) in [6.07, 6.45) is 1.92. The maximum atomic E-state index is 12.1. The van der Waals surface area contributed by atoms with Gasteiger partial charge in [-0.1, -0.05) is 24.6 Å². The fourth-order valence-electron chi connectivity index (χ4n) is 2.38. The first-order valence-electron chi connectivity index (χ1n) is 7.29. The van der Waals surface area contributed by atoms with Gasteiger partial charge in [0.1, 0.15) is 6.42 Å². The van der Waals surface area contributed by atoms with Crippen molar-refractivity contribution in [3.8, 4) is 0 Å². The lowest BCUT2D eigenvalue weighted by molar-refractivity contribution is -0.135. The van der Waals surface area contributed by atoms with Crippen molar-refractivity contribution in [3.05, 3.63) is 28.8 Å². The van der Waals surface area contributed by atoms with Crippen LogP contribution in [0.1, 0.15) is 31.7 Å². The molecule has 0 saturated carbocycles. The molecule has 1 aliphatic rings. The molecule has 1 aromatic rings. The molecule has 0 aromatic heterocycles. The van der Waals surface area contributed by atoms with Crippen LogP contribution < -0.4 is 5.32 Å². The van der Waals surface area contributed by atoms with Gasteiger partial charge in [-0.05, 0) is 43.4 Å². The molecule has 1 fully saturated rings. The van der Waals surface area contributed by atoms with Crippen LogP contribution in [0, 0.1) is 12.8 Å². The number of hydrogen-bond donors (Lipinski definition) is 1. The average molecular weight is 309 g/mol. The van der Waals surface area contributed by atoms with E-state index in [0.29, 0.717) is 16.6 Å². The van der Waals surface area contributed by atoms with E-state index in [2.05, 4.69) is 12.2 Å². The van der Waals surface area contributed by atoms with Gasteiger partial charge in [0.05, 0.1) is 0 Å². The van der Waals surface area contributed by atoms with Gasteiger partial charge in [-0.3, -0.25) is 9.59 Å². The van der Waals surface area contributed by atoms with E-state index in [9.17, 15) is 9.59 Å². The van der Waals surface area contributed by atoms with Crippen LogP contribution in [0.15, 0.2) is 18.2 Å². The smallest absolute Gasteiger partial charge is 0.233 e. The number of nitrogens with one attached hydrogen (secondary N) is 1. The molecule has 0 bridgehead atoms. The second-order valence-electron chi connectivity index (χ2n) is 5.75. The summed E-state index contributed by atoms with van der Waals surface area (Å²) in [4.78, 5) is 25.8. The third-order valence-corrected chi connectivity index (χ3v) is 4.31. The highest BCUT2D eigenvalue weighted by atomic mass is 35.5. The van der Waals surface area contributed by atoms with Crippen LogP contribution in [0.3, 0.4) is 0 Å². The molecule has 0 atom stereocenters. The van der Waals surface area contributed by atoms with Gasteiger partial charge in [-0.25, -0.2) is 0 Å².